The monoisotopic (exact) mass is 641 g/mol. The zero-order valence-corrected chi connectivity index (χ0v) is 30.4. The molecule has 0 N–H and O–H groups in total. The van der Waals surface area contributed by atoms with E-state index in [4.69, 9.17) is 0 Å². The highest BCUT2D eigenvalue weighted by Gasteiger charge is 2.17. The fourth-order valence-corrected chi connectivity index (χ4v) is 8.21. The highest BCUT2D eigenvalue weighted by Crippen LogP contribution is 2.36. The fraction of sp³-hybridized carbons (Fsp3) is 0.581. The Morgan fingerprint density at radius 2 is 1.07 bits per heavy atom. The van der Waals surface area contributed by atoms with Gasteiger partial charge in [-0.2, -0.15) is 0 Å². The summed E-state index contributed by atoms with van der Waals surface area (Å²) in [6.45, 7) is 5.71. The SMILES string of the molecule is CCCCCCCCCCCCC(CCCCCCCCCC)Cn1c2ccccc2c2cc(-c3ccccc3S(C)=O)ccc21. The number of hydrogen-bond acceptors (Lipinski definition) is 1. The van der Waals surface area contributed by atoms with Gasteiger partial charge >= 0.3 is 0 Å². The van der Waals surface area contributed by atoms with Gasteiger partial charge in [-0.25, -0.2) is 0 Å². The van der Waals surface area contributed by atoms with Crippen LogP contribution in [-0.4, -0.2) is 15.0 Å². The van der Waals surface area contributed by atoms with Crippen molar-refractivity contribution in [1.82, 2.24) is 4.57 Å². The number of nitrogens with zero attached hydrogens (tertiary/aromatic N) is 1. The molecule has 2 atom stereocenters. The van der Waals surface area contributed by atoms with E-state index in [2.05, 4.69) is 73.0 Å². The summed E-state index contributed by atoms with van der Waals surface area (Å²) < 4.78 is 15.2. The zero-order chi connectivity index (χ0) is 32.4. The van der Waals surface area contributed by atoms with Crippen LogP contribution in [0.25, 0.3) is 32.9 Å². The number of unbranched alkanes of at least 4 members (excludes halogenated alkanes) is 16. The lowest BCUT2D eigenvalue weighted by atomic mass is 9.93. The van der Waals surface area contributed by atoms with Crippen LogP contribution < -0.4 is 0 Å². The summed E-state index contributed by atoms with van der Waals surface area (Å²) in [5.41, 5.74) is 4.92. The minimum atomic E-state index is -1.03. The van der Waals surface area contributed by atoms with Gasteiger partial charge in [0, 0.05) is 39.5 Å². The Balaban J connectivity index is 1.45. The van der Waals surface area contributed by atoms with Crippen LogP contribution in [0, 0.1) is 5.92 Å². The van der Waals surface area contributed by atoms with E-state index in [1.54, 1.807) is 6.26 Å². The van der Waals surface area contributed by atoms with Gasteiger partial charge in [0.25, 0.3) is 0 Å². The number of hydrogen-bond donors (Lipinski definition) is 0. The first-order valence-corrected chi connectivity index (χ1v) is 20.6. The molecule has 0 saturated heterocycles. The van der Waals surface area contributed by atoms with Crippen molar-refractivity contribution in [2.24, 2.45) is 5.92 Å². The summed E-state index contributed by atoms with van der Waals surface area (Å²) in [5, 5.41) is 2.65. The van der Waals surface area contributed by atoms with E-state index >= 15 is 0 Å². The molecule has 0 amide bonds. The topological polar surface area (TPSA) is 22.0 Å². The third-order valence-corrected chi connectivity index (χ3v) is 11.1. The van der Waals surface area contributed by atoms with Crippen molar-refractivity contribution in [2.75, 3.05) is 6.26 Å². The lowest BCUT2D eigenvalue weighted by Crippen LogP contribution is -2.11. The maximum absolute atomic E-state index is 12.5. The predicted molar refractivity (Wildman–Crippen MR) is 204 cm³/mol. The maximum Gasteiger partial charge on any atom is 0.0504 e. The first-order valence-electron chi connectivity index (χ1n) is 19.1. The molecule has 0 radical (unpaired) electrons. The van der Waals surface area contributed by atoms with E-state index in [0.717, 1.165) is 28.5 Å². The molecule has 252 valence electrons. The van der Waals surface area contributed by atoms with Gasteiger partial charge in [0.05, 0.1) is 10.8 Å². The van der Waals surface area contributed by atoms with E-state index in [1.807, 2.05) is 12.1 Å². The average Bonchev–Trinajstić information content (AvgIpc) is 3.39. The largest absolute Gasteiger partial charge is 0.340 e. The molecule has 0 fully saturated rings. The molecular formula is C43H63NOS. The van der Waals surface area contributed by atoms with Crippen LogP contribution >= 0.6 is 0 Å². The molecule has 0 spiro atoms. The molecule has 2 nitrogen and oxygen atoms in total. The molecule has 0 aliphatic heterocycles. The number of fused-ring (bicyclic) bond motifs is 3. The first kappa shape index (κ1) is 36.4. The second-order valence-electron chi connectivity index (χ2n) is 13.9. The summed E-state index contributed by atoms with van der Waals surface area (Å²) in [5.74, 6) is 0.719. The van der Waals surface area contributed by atoms with Crippen LogP contribution in [0.2, 0.25) is 0 Å². The predicted octanol–water partition coefficient (Wildman–Crippen LogP) is 13.7. The van der Waals surface area contributed by atoms with Gasteiger partial charge in [-0.05, 0) is 54.2 Å². The smallest absolute Gasteiger partial charge is 0.0504 e. The Morgan fingerprint density at radius 1 is 0.565 bits per heavy atom. The summed E-state index contributed by atoms with van der Waals surface area (Å²) in [7, 11) is -1.03. The Labute approximate surface area is 284 Å². The molecule has 1 aromatic heterocycles. The number of benzene rings is 3. The first-order chi connectivity index (χ1) is 22.6. The normalized spacial score (nSPS) is 13.1. The van der Waals surface area contributed by atoms with E-state index in [9.17, 15) is 4.21 Å². The highest BCUT2D eigenvalue weighted by molar-refractivity contribution is 7.84. The van der Waals surface area contributed by atoms with Gasteiger partial charge in [-0.15, -0.1) is 0 Å². The van der Waals surface area contributed by atoms with E-state index < -0.39 is 10.8 Å². The van der Waals surface area contributed by atoms with Crippen LogP contribution in [0.3, 0.4) is 0 Å². The van der Waals surface area contributed by atoms with Crippen molar-refractivity contribution < 1.29 is 4.21 Å². The Bertz CT molecular complexity index is 1450. The lowest BCUT2D eigenvalue weighted by molar-refractivity contribution is 0.364. The molecule has 1 heterocycles. The van der Waals surface area contributed by atoms with E-state index in [-0.39, 0.29) is 0 Å². The molecule has 3 aromatic carbocycles. The van der Waals surface area contributed by atoms with Crippen molar-refractivity contribution >= 4 is 32.6 Å². The van der Waals surface area contributed by atoms with Crippen LogP contribution in [0.15, 0.2) is 71.6 Å². The molecular weight excluding hydrogens is 579 g/mol. The molecule has 0 aliphatic carbocycles. The summed E-state index contributed by atoms with van der Waals surface area (Å²) in [6.07, 6.45) is 29.6. The molecule has 4 aromatic rings. The molecule has 2 unspecified atom stereocenters. The second kappa shape index (κ2) is 20.8. The third kappa shape index (κ3) is 11.1. The van der Waals surface area contributed by atoms with E-state index in [0.29, 0.717) is 0 Å². The van der Waals surface area contributed by atoms with Gasteiger partial charge in [0.2, 0.25) is 0 Å². The van der Waals surface area contributed by atoms with E-state index in [1.165, 1.54) is 150 Å². The van der Waals surface area contributed by atoms with Crippen molar-refractivity contribution in [3.8, 4) is 11.1 Å². The molecule has 0 saturated carbocycles. The molecule has 3 heteroatoms. The molecule has 46 heavy (non-hydrogen) atoms. The van der Waals surface area contributed by atoms with Crippen LogP contribution in [0.1, 0.15) is 142 Å². The number of rotatable bonds is 24. The number of aromatic nitrogens is 1. The average molecular weight is 642 g/mol. The van der Waals surface area contributed by atoms with Crippen LogP contribution in [-0.2, 0) is 17.3 Å². The summed E-state index contributed by atoms with van der Waals surface area (Å²) in [6, 6.07) is 24.1. The van der Waals surface area contributed by atoms with Gasteiger partial charge in [-0.1, -0.05) is 172 Å². The summed E-state index contributed by atoms with van der Waals surface area (Å²) in [4.78, 5) is 0.910. The number of para-hydroxylation sites is 1. The molecule has 4 rings (SSSR count). The van der Waals surface area contributed by atoms with Crippen LogP contribution in [0.4, 0.5) is 0 Å². The van der Waals surface area contributed by atoms with Crippen molar-refractivity contribution in [2.45, 2.75) is 154 Å². The fourth-order valence-electron chi connectivity index (χ4n) is 7.45. The van der Waals surface area contributed by atoms with Gasteiger partial charge in [0.1, 0.15) is 0 Å². The Morgan fingerprint density at radius 3 is 1.65 bits per heavy atom. The Hall–Kier alpha value is -2.39. The van der Waals surface area contributed by atoms with Crippen molar-refractivity contribution in [3.05, 3.63) is 66.7 Å². The maximum atomic E-state index is 12.5. The minimum absolute atomic E-state index is 0.719. The lowest BCUT2D eigenvalue weighted by Gasteiger charge is -2.20. The minimum Gasteiger partial charge on any atom is -0.340 e. The Kier molecular flexibility index (Phi) is 16.4. The van der Waals surface area contributed by atoms with Gasteiger partial charge in [0.15, 0.2) is 0 Å². The zero-order valence-electron chi connectivity index (χ0n) is 29.5. The quantitative estimate of drug-likeness (QED) is 0.0698. The summed E-state index contributed by atoms with van der Waals surface area (Å²) >= 11 is 0. The molecule has 0 bridgehead atoms. The van der Waals surface area contributed by atoms with Gasteiger partial charge in [-0.3, -0.25) is 4.21 Å². The molecule has 0 aliphatic rings. The third-order valence-electron chi connectivity index (χ3n) is 10.2. The van der Waals surface area contributed by atoms with Gasteiger partial charge < -0.3 is 4.57 Å². The van der Waals surface area contributed by atoms with Crippen molar-refractivity contribution in [3.63, 3.8) is 0 Å². The second-order valence-corrected chi connectivity index (χ2v) is 15.3. The standard InChI is InChI=1S/C43H63NOS/c1-4-6-8-10-12-14-15-17-19-21-27-36(26-20-18-16-13-11-9-7-5-2)35-44-41-30-24-22-29-39(41)40-34-37(32-33-42(40)44)38-28-23-25-31-43(38)46(3)45/h22-25,28-34,36H,4-21,26-27,35H2,1-3H3. The van der Waals surface area contributed by atoms with Crippen LogP contribution in [0.5, 0.6) is 0 Å². The van der Waals surface area contributed by atoms with Crippen molar-refractivity contribution in [1.29, 1.82) is 0 Å². The highest BCUT2D eigenvalue weighted by atomic mass is 32.2.